The fourth-order valence-electron chi connectivity index (χ4n) is 4.27. The van der Waals surface area contributed by atoms with E-state index in [2.05, 4.69) is 15.6 Å². The van der Waals surface area contributed by atoms with Crippen molar-refractivity contribution in [2.24, 2.45) is 0 Å². The second-order valence-corrected chi connectivity index (χ2v) is 10.8. The van der Waals surface area contributed by atoms with E-state index in [0.29, 0.717) is 49.4 Å². The molecule has 2 N–H and O–H groups in total. The van der Waals surface area contributed by atoms with Gasteiger partial charge in [0, 0.05) is 27.2 Å². The second kappa shape index (κ2) is 12.2. The summed E-state index contributed by atoms with van der Waals surface area (Å²) in [6.07, 6.45) is 0. The predicted molar refractivity (Wildman–Crippen MR) is 158 cm³/mol. The van der Waals surface area contributed by atoms with E-state index in [-0.39, 0.29) is 12.5 Å². The Labute approximate surface area is 245 Å². The predicted octanol–water partition coefficient (Wildman–Crippen LogP) is 6.98. The van der Waals surface area contributed by atoms with Gasteiger partial charge in [-0.05, 0) is 73.5 Å². The minimum absolute atomic E-state index is 0.287. The summed E-state index contributed by atoms with van der Waals surface area (Å²) in [5, 5.41) is 12.8. The summed E-state index contributed by atoms with van der Waals surface area (Å²) in [6, 6.07) is 21.0. The van der Waals surface area contributed by atoms with Crippen molar-refractivity contribution in [3.8, 4) is 0 Å². The molecule has 4 aromatic rings. The van der Waals surface area contributed by atoms with Crippen LogP contribution < -0.4 is 10.6 Å². The zero-order chi connectivity index (χ0) is 28.2. The first-order valence-corrected chi connectivity index (χ1v) is 14.2. The van der Waals surface area contributed by atoms with Crippen LogP contribution in [0.1, 0.15) is 41.4 Å². The number of ether oxygens (including phenoxy) is 1. The lowest BCUT2D eigenvalue weighted by molar-refractivity contribution is -0.113. The summed E-state index contributed by atoms with van der Waals surface area (Å²) in [6.45, 7) is 3.87. The van der Waals surface area contributed by atoms with E-state index in [0.717, 1.165) is 11.1 Å². The maximum absolute atomic E-state index is 13.7. The molecule has 1 amide bonds. The Morgan fingerprint density at radius 3 is 2.30 bits per heavy atom. The zero-order valence-corrected chi connectivity index (χ0v) is 24.0. The average molecular weight is 595 g/mol. The van der Waals surface area contributed by atoms with Crippen molar-refractivity contribution in [3.63, 3.8) is 0 Å². The van der Waals surface area contributed by atoms with Crippen LogP contribution >= 0.6 is 35.0 Å². The van der Waals surface area contributed by atoms with Gasteiger partial charge in [0.2, 0.25) is 11.1 Å². The minimum Gasteiger partial charge on any atom is -0.462 e. The summed E-state index contributed by atoms with van der Waals surface area (Å²) in [5.41, 5.74) is 3.99. The standard InChI is InChI=1S/C29H25Cl2N5O3S/c1-3-39-27(38)20-8-14-23(15-9-20)33-26(37)24-17(2)32-28-34-29(40-16-18-4-10-21(30)11-5-18)35-36(28)25(24)19-6-12-22(31)13-7-19/h4-15,25H,3,16H2,1-2H3,(H,33,37)(H,32,34,35)/t25-/m0/s1. The number of nitrogens with one attached hydrogen (secondary N) is 2. The van der Waals surface area contributed by atoms with Crippen LogP contribution in [0.3, 0.4) is 0 Å². The summed E-state index contributed by atoms with van der Waals surface area (Å²) in [4.78, 5) is 30.4. The first-order valence-electron chi connectivity index (χ1n) is 12.5. The molecule has 40 heavy (non-hydrogen) atoms. The van der Waals surface area contributed by atoms with E-state index < -0.39 is 12.0 Å². The lowest BCUT2D eigenvalue weighted by Crippen LogP contribution is -2.31. The van der Waals surface area contributed by atoms with Gasteiger partial charge in [0.1, 0.15) is 6.04 Å². The number of carbonyl (C=O) groups excluding carboxylic acids is 2. The number of amides is 1. The van der Waals surface area contributed by atoms with Gasteiger partial charge in [-0.15, -0.1) is 5.10 Å². The van der Waals surface area contributed by atoms with Crippen LogP contribution in [0.4, 0.5) is 11.6 Å². The van der Waals surface area contributed by atoms with Gasteiger partial charge in [-0.3, -0.25) is 4.79 Å². The number of aromatic nitrogens is 3. The number of halogens is 2. The summed E-state index contributed by atoms with van der Waals surface area (Å²) < 4.78 is 6.76. The summed E-state index contributed by atoms with van der Waals surface area (Å²) >= 11 is 13.7. The Balaban J connectivity index is 1.42. The van der Waals surface area contributed by atoms with Crippen molar-refractivity contribution in [1.82, 2.24) is 14.8 Å². The number of benzene rings is 3. The molecule has 1 aliphatic rings. The quantitative estimate of drug-likeness (QED) is 0.168. The normalized spacial score (nSPS) is 14.3. The molecular weight excluding hydrogens is 569 g/mol. The second-order valence-electron chi connectivity index (χ2n) is 8.95. The van der Waals surface area contributed by atoms with Crippen molar-refractivity contribution in [3.05, 3.63) is 111 Å². The van der Waals surface area contributed by atoms with Gasteiger partial charge in [0.15, 0.2) is 0 Å². The molecule has 204 valence electrons. The number of carbonyl (C=O) groups is 2. The number of hydrogen-bond acceptors (Lipinski definition) is 7. The van der Waals surface area contributed by atoms with E-state index in [1.165, 1.54) is 11.8 Å². The zero-order valence-electron chi connectivity index (χ0n) is 21.7. The molecule has 0 saturated carbocycles. The SMILES string of the molecule is CCOC(=O)c1ccc(NC(=O)C2=C(C)Nc3nc(SCc4ccc(Cl)cc4)nn3[C@H]2c2ccc(Cl)cc2)cc1. The van der Waals surface area contributed by atoms with Crippen LogP contribution in [0.2, 0.25) is 10.0 Å². The molecule has 1 aliphatic heterocycles. The number of rotatable bonds is 8. The molecule has 0 saturated heterocycles. The van der Waals surface area contributed by atoms with Crippen LogP contribution in [0.25, 0.3) is 0 Å². The number of hydrogen-bond donors (Lipinski definition) is 2. The number of thioether (sulfide) groups is 1. The molecule has 8 nitrogen and oxygen atoms in total. The van der Waals surface area contributed by atoms with E-state index in [4.69, 9.17) is 33.0 Å². The first kappa shape index (κ1) is 27.8. The molecular formula is C29H25Cl2N5O3S. The molecule has 0 radical (unpaired) electrons. The maximum Gasteiger partial charge on any atom is 0.338 e. The molecule has 5 rings (SSSR count). The fraction of sp³-hybridized carbons (Fsp3) is 0.172. The summed E-state index contributed by atoms with van der Waals surface area (Å²) in [5.74, 6) is 0.465. The highest BCUT2D eigenvalue weighted by molar-refractivity contribution is 7.98. The van der Waals surface area contributed by atoms with Gasteiger partial charge in [-0.1, -0.05) is 59.2 Å². The van der Waals surface area contributed by atoms with Gasteiger partial charge in [-0.2, -0.15) is 4.98 Å². The van der Waals surface area contributed by atoms with Crippen LogP contribution in [0.5, 0.6) is 0 Å². The fourth-order valence-corrected chi connectivity index (χ4v) is 5.31. The molecule has 1 atom stereocenters. The number of allylic oxidation sites excluding steroid dienone is 1. The lowest BCUT2D eigenvalue weighted by Gasteiger charge is -2.28. The van der Waals surface area contributed by atoms with Crippen molar-refractivity contribution < 1.29 is 14.3 Å². The molecule has 1 aromatic heterocycles. The number of fused-ring (bicyclic) bond motifs is 1. The van der Waals surface area contributed by atoms with Crippen molar-refractivity contribution in [2.45, 2.75) is 30.8 Å². The molecule has 3 aromatic carbocycles. The highest BCUT2D eigenvalue weighted by Gasteiger charge is 2.34. The molecule has 0 spiro atoms. The Bertz CT molecular complexity index is 1570. The Kier molecular flexibility index (Phi) is 8.44. The molecule has 11 heteroatoms. The van der Waals surface area contributed by atoms with Crippen molar-refractivity contribution >= 4 is 58.5 Å². The third kappa shape index (κ3) is 6.17. The maximum atomic E-state index is 13.7. The van der Waals surface area contributed by atoms with E-state index in [9.17, 15) is 9.59 Å². The van der Waals surface area contributed by atoms with E-state index >= 15 is 0 Å². The van der Waals surface area contributed by atoms with Crippen LogP contribution in [0, 0.1) is 0 Å². The van der Waals surface area contributed by atoms with Gasteiger partial charge in [0.05, 0.1) is 17.7 Å². The minimum atomic E-state index is -0.551. The third-order valence-electron chi connectivity index (χ3n) is 6.20. The van der Waals surface area contributed by atoms with Crippen molar-refractivity contribution in [1.29, 1.82) is 0 Å². The number of nitrogens with zero attached hydrogens (tertiary/aromatic N) is 3. The molecule has 0 aliphatic carbocycles. The average Bonchev–Trinajstić information content (AvgIpc) is 3.35. The summed E-state index contributed by atoms with van der Waals surface area (Å²) in [7, 11) is 0. The topological polar surface area (TPSA) is 98.1 Å². The molecule has 2 heterocycles. The van der Waals surface area contributed by atoms with Crippen LogP contribution in [0.15, 0.2) is 89.2 Å². The lowest BCUT2D eigenvalue weighted by atomic mass is 9.95. The highest BCUT2D eigenvalue weighted by Crippen LogP contribution is 2.37. The van der Waals surface area contributed by atoms with Gasteiger partial charge < -0.3 is 15.4 Å². The molecule has 0 fully saturated rings. The molecule has 0 unspecified atom stereocenters. The van der Waals surface area contributed by atoms with Crippen LogP contribution in [-0.2, 0) is 15.3 Å². The first-order chi connectivity index (χ1) is 19.3. The van der Waals surface area contributed by atoms with Gasteiger partial charge >= 0.3 is 5.97 Å². The Morgan fingerprint density at radius 1 is 1.00 bits per heavy atom. The van der Waals surface area contributed by atoms with Crippen molar-refractivity contribution in [2.75, 3.05) is 17.2 Å². The number of esters is 1. The molecule has 0 bridgehead atoms. The van der Waals surface area contributed by atoms with Gasteiger partial charge in [-0.25, -0.2) is 9.48 Å². The Morgan fingerprint density at radius 2 is 1.65 bits per heavy atom. The smallest absolute Gasteiger partial charge is 0.338 e. The van der Waals surface area contributed by atoms with Gasteiger partial charge in [0.25, 0.3) is 5.91 Å². The third-order valence-corrected chi connectivity index (χ3v) is 7.61. The highest BCUT2D eigenvalue weighted by atomic mass is 35.5. The van der Waals surface area contributed by atoms with Crippen LogP contribution in [-0.4, -0.2) is 33.2 Å². The largest absolute Gasteiger partial charge is 0.462 e. The van der Waals surface area contributed by atoms with E-state index in [1.807, 2.05) is 43.3 Å². The Hall–Kier alpha value is -3.79. The van der Waals surface area contributed by atoms with E-state index in [1.54, 1.807) is 48.0 Å². The monoisotopic (exact) mass is 593 g/mol. The number of anilines is 2.